The predicted molar refractivity (Wildman–Crippen MR) is 106 cm³/mol. The van der Waals surface area contributed by atoms with E-state index in [0.717, 1.165) is 6.07 Å². The van der Waals surface area contributed by atoms with Gasteiger partial charge >= 0.3 is 0 Å². The molecule has 0 saturated heterocycles. The van der Waals surface area contributed by atoms with Crippen molar-refractivity contribution in [3.63, 3.8) is 0 Å². The van der Waals surface area contributed by atoms with Gasteiger partial charge in [0.05, 0.1) is 28.6 Å². The number of aromatic amines is 1. The Kier molecular flexibility index (Phi) is 4.06. The Bertz CT molecular complexity index is 1460. The zero-order valence-corrected chi connectivity index (χ0v) is 15.5. The highest BCUT2D eigenvalue weighted by Crippen LogP contribution is 2.30. The highest BCUT2D eigenvalue weighted by Gasteiger charge is 2.20. The lowest BCUT2D eigenvalue weighted by Gasteiger charge is -2.10. The molecule has 154 valence electrons. The Morgan fingerprint density at radius 2 is 1.84 bits per heavy atom. The normalized spacial score (nSPS) is 11.3. The van der Waals surface area contributed by atoms with Gasteiger partial charge in [0.15, 0.2) is 34.9 Å². The summed E-state index contributed by atoms with van der Waals surface area (Å²) < 4.78 is 43.9. The van der Waals surface area contributed by atoms with E-state index in [9.17, 15) is 13.2 Å². The van der Waals surface area contributed by atoms with Crippen LogP contribution in [0.5, 0.6) is 0 Å². The lowest BCUT2D eigenvalue weighted by atomic mass is 10.1. The molecule has 0 saturated carbocycles. The third kappa shape index (κ3) is 3.01. The Labute approximate surface area is 171 Å². The molecule has 5 N–H and O–H groups in total. The van der Waals surface area contributed by atoms with Crippen LogP contribution >= 0.6 is 0 Å². The Balaban J connectivity index is 1.67. The molecule has 0 spiro atoms. The van der Waals surface area contributed by atoms with E-state index in [2.05, 4.69) is 30.1 Å². The number of anilines is 2. The van der Waals surface area contributed by atoms with Crippen LogP contribution < -0.4 is 11.5 Å². The Hall–Kier alpha value is -4.48. The number of imidazole rings is 1. The molecule has 5 rings (SSSR count). The number of H-pyrrole nitrogens is 1. The van der Waals surface area contributed by atoms with E-state index in [-0.39, 0.29) is 40.2 Å². The molecule has 0 aliphatic heterocycles. The van der Waals surface area contributed by atoms with Crippen molar-refractivity contribution in [3.05, 3.63) is 60.3 Å². The van der Waals surface area contributed by atoms with Crippen LogP contribution in [0.15, 0.2) is 42.9 Å². The number of nitrogens with zero attached hydrogens (tertiary/aromatic N) is 6. The van der Waals surface area contributed by atoms with Gasteiger partial charge in [-0.25, -0.2) is 28.1 Å². The van der Waals surface area contributed by atoms with Crippen molar-refractivity contribution >= 4 is 22.8 Å². The molecule has 3 aromatic heterocycles. The summed E-state index contributed by atoms with van der Waals surface area (Å²) in [6, 6.07) is 6.35. The second-order valence-corrected chi connectivity index (χ2v) is 6.56. The van der Waals surface area contributed by atoms with Gasteiger partial charge in [0.2, 0.25) is 0 Å². The van der Waals surface area contributed by atoms with E-state index < -0.39 is 17.5 Å². The minimum absolute atomic E-state index is 0.00335. The molecule has 3 heterocycles. The number of nitrogen functional groups attached to an aromatic ring is 2. The van der Waals surface area contributed by atoms with E-state index >= 15 is 0 Å². The second-order valence-electron chi connectivity index (χ2n) is 6.56. The maximum Gasteiger partial charge on any atom is 0.198 e. The maximum absolute atomic E-state index is 14.7. The van der Waals surface area contributed by atoms with Crippen LogP contribution in [0.4, 0.5) is 24.9 Å². The van der Waals surface area contributed by atoms with Gasteiger partial charge in [-0.3, -0.25) is 4.57 Å². The number of hydrogen-bond donors (Lipinski definition) is 3. The van der Waals surface area contributed by atoms with Crippen LogP contribution in [0.25, 0.3) is 39.5 Å². The van der Waals surface area contributed by atoms with E-state index in [1.54, 1.807) is 0 Å². The molecular weight excluding hydrogens is 411 g/mol. The lowest BCUT2D eigenvalue weighted by molar-refractivity contribution is 0.504. The Morgan fingerprint density at radius 1 is 1.00 bits per heavy atom. The fourth-order valence-corrected chi connectivity index (χ4v) is 3.19. The molecule has 12 heteroatoms. The standard InChI is InChI=1S/C19H12F3N9/c20-9-2-1-3-14(15(9)22)31-7-26-30-18(31)16-17(23)25-6-13(27-16)8-4-11-12(5-10(8)21)29-19(24)28-11/h1-7H,(H2,23,25)(H3,24,28,29). The minimum Gasteiger partial charge on any atom is -0.382 e. The van der Waals surface area contributed by atoms with Crippen molar-refractivity contribution < 1.29 is 13.2 Å². The number of rotatable bonds is 3. The number of fused-ring (bicyclic) bond motifs is 1. The summed E-state index contributed by atoms with van der Waals surface area (Å²) in [5.41, 5.74) is 12.5. The number of aromatic nitrogens is 7. The molecule has 2 aromatic carbocycles. The third-order valence-electron chi connectivity index (χ3n) is 4.62. The molecule has 0 amide bonds. The van der Waals surface area contributed by atoms with Crippen LogP contribution in [0, 0.1) is 17.5 Å². The molecule has 0 unspecified atom stereocenters. The molecule has 9 nitrogen and oxygen atoms in total. The number of hydrogen-bond acceptors (Lipinski definition) is 7. The first-order chi connectivity index (χ1) is 14.9. The number of benzene rings is 2. The minimum atomic E-state index is -1.10. The van der Waals surface area contributed by atoms with Gasteiger partial charge < -0.3 is 16.5 Å². The van der Waals surface area contributed by atoms with Gasteiger partial charge in [-0.2, -0.15) is 0 Å². The summed E-state index contributed by atoms with van der Waals surface area (Å²) in [6.45, 7) is 0. The summed E-state index contributed by atoms with van der Waals surface area (Å²) in [5.74, 6) is -2.66. The number of halogens is 3. The van der Waals surface area contributed by atoms with Gasteiger partial charge in [0.1, 0.15) is 12.1 Å². The maximum atomic E-state index is 14.7. The van der Waals surface area contributed by atoms with E-state index in [0.29, 0.717) is 11.0 Å². The van der Waals surface area contributed by atoms with Gasteiger partial charge in [0, 0.05) is 11.6 Å². The van der Waals surface area contributed by atoms with Crippen molar-refractivity contribution in [1.82, 2.24) is 34.7 Å². The first-order valence-electron chi connectivity index (χ1n) is 8.85. The number of nitrogens with one attached hydrogen (secondary N) is 1. The fourth-order valence-electron chi connectivity index (χ4n) is 3.19. The molecule has 5 aromatic rings. The van der Waals surface area contributed by atoms with Crippen molar-refractivity contribution in [1.29, 1.82) is 0 Å². The molecule has 0 radical (unpaired) electrons. The SMILES string of the molecule is Nc1nc2cc(F)c(-c3cnc(N)c(-c4nncn4-c4cccc(F)c4F)n3)cc2[nH]1. The number of nitrogens with two attached hydrogens (primary N) is 2. The smallest absolute Gasteiger partial charge is 0.198 e. The van der Waals surface area contributed by atoms with Crippen molar-refractivity contribution in [2.75, 3.05) is 11.5 Å². The summed E-state index contributed by atoms with van der Waals surface area (Å²) in [7, 11) is 0. The van der Waals surface area contributed by atoms with Crippen molar-refractivity contribution in [2.45, 2.75) is 0 Å². The van der Waals surface area contributed by atoms with Crippen LogP contribution in [-0.4, -0.2) is 34.7 Å². The zero-order chi connectivity index (χ0) is 21.7. The van der Waals surface area contributed by atoms with Crippen LogP contribution in [0.2, 0.25) is 0 Å². The van der Waals surface area contributed by atoms with Crippen LogP contribution in [-0.2, 0) is 0 Å². The molecule has 31 heavy (non-hydrogen) atoms. The Morgan fingerprint density at radius 3 is 2.68 bits per heavy atom. The van der Waals surface area contributed by atoms with Gasteiger partial charge in [-0.05, 0) is 18.2 Å². The average molecular weight is 423 g/mol. The van der Waals surface area contributed by atoms with E-state index in [4.69, 9.17) is 11.5 Å². The predicted octanol–water partition coefficient (Wildman–Crippen LogP) is 2.85. The van der Waals surface area contributed by atoms with E-state index in [1.165, 1.54) is 41.4 Å². The van der Waals surface area contributed by atoms with Gasteiger partial charge in [-0.1, -0.05) is 6.07 Å². The molecular formula is C19H12F3N9. The third-order valence-corrected chi connectivity index (χ3v) is 4.62. The lowest BCUT2D eigenvalue weighted by Crippen LogP contribution is -2.06. The van der Waals surface area contributed by atoms with Crippen LogP contribution in [0.3, 0.4) is 0 Å². The van der Waals surface area contributed by atoms with Crippen LogP contribution in [0.1, 0.15) is 0 Å². The molecule has 0 bridgehead atoms. The monoisotopic (exact) mass is 423 g/mol. The summed E-state index contributed by atoms with van der Waals surface area (Å²) >= 11 is 0. The molecule has 0 aliphatic rings. The quantitative estimate of drug-likeness (QED) is 0.406. The summed E-state index contributed by atoms with van der Waals surface area (Å²) in [6.07, 6.45) is 2.47. The first-order valence-corrected chi connectivity index (χ1v) is 8.85. The molecule has 0 aliphatic carbocycles. The second kappa shape index (κ2) is 6.79. The largest absolute Gasteiger partial charge is 0.382 e. The van der Waals surface area contributed by atoms with Gasteiger partial charge in [0.25, 0.3) is 0 Å². The molecule has 0 atom stereocenters. The van der Waals surface area contributed by atoms with Crippen molar-refractivity contribution in [3.8, 4) is 28.5 Å². The topological polar surface area (TPSA) is 137 Å². The highest BCUT2D eigenvalue weighted by atomic mass is 19.2. The molecule has 0 fully saturated rings. The first kappa shape index (κ1) is 18.5. The van der Waals surface area contributed by atoms with Gasteiger partial charge in [-0.15, -0.1) is 10.2 Å². The van der Waals surface area contributed by atoms with E-state index in [1.807, 2.05) is 0 Å². The highest BCUT2D eigenvalue weighted by molar-refractivity contribution is 5.83. The average Bonchev–Trinajstić information content (AvgIpc) is 3.35. The summed E-state index contributed by atoms with van der Waals surface area (Å²) in [5, 5.41) is 7.67. The fraction of sp³-hybridized carbons (Fsp3) is 0. The van der Waals surface area contributed by atoms with Crippen molar-refractivity contribution in [2.24, 2.45) is 0 Å². The summed E-state index contributed by atoms with van der Waals surface area (Å²) in [4.78, 5) is 15.2. The zero-order valence-electron chi connectivity index (χ0n) is 15.5.